The Kier molecular flexibility index (Phi) is 8.33. The number of aromatic nitrogens is 2. The van der Waals surface area contributed by atoms with Crippen molar-refractivity contribution in [2.75, 3.05) is 26.4 Å². The van der Waals surface area contributed by atoms with Gasteiger partial charge >= 0.3 is 23.9 Å². The zero-order chi connectivity index (χ0) is 20.4. The van der Waals surface area contributed by atoms with Crippen molar-refractivity contribution >= 4 is 23.9 Å². The van der Waals surface area contributed by atoms with Crippen molar-refractivity contribution < 1.29 is 38.3 Å². The van der Waals surface area contributed by atoms with Crippen LogP contribution in [0.25, 0.3) is 0 Å². The zero-order valence-corrected chi connectivity index (χ0v) is 15.2. The highest BCUT2D eigenvalue weighted by Gasteiger charge is 2.36. The number of imidazole rings is 1. The third kappa shape index (κ3) is 7.81. The summed E-state index contributed by atoms with van der Waals surface area (Å²) in [6.45, 7) is 2.39. The van der Waals surface area contributed by atoms with Gasteiger partial charge in [0.25, 0.3) is 0 Å². The summed E-state index contributed by atoms with van der Waals surface area (Å²) in [5, 5.41) is 10.9. The molecule has 150 valence electrons. The molecule has 12 nitrogen and oxygen atoms in total. The molecule has 0 saturated carbocycles. The lowest BCUT2D eigenvalue weighted by Crippen LogP contribution is -2.43. The first-order chi connectivity index (χ1) is 12.6. The second-order valence-electron chi connectivity index (χ2n) is 5.77. The topological polar surface area (TPSA) is 149 Å². The number of ether oxygens (including phenoxy) is 4. The Balaban J connectivity index is 2.88. The molecule has 0 aliphatic rings. The normalized spacial score (nSPS) is 10.9. The Hall–Kier alpha value is -3.02. The summed E-state index contributed by atoms with van der Waals surface area (Å²) in [4.78, 5) is 47.3. The van der Waals surface area contributed by atoms with Gasteiger partial charge in [-0.25, -0.2) is 4.57 Å². The first-order valence-electron chi connectivity index (χ1n) is 7.78. The highest BCUT2D eigenvalue weighted by molar-refractivity contribution is 5.67. The molecule has 27 heavy (non-hydrogen) atoms. The molecule has 1 aromatic heterocycles. The Bertz CT molecular complexity index is 640. The van der Waals surface area contributed by atoms with E-state index >= 15 is 0 Å². The monoisotopic (exact) mass is 387 g/mol. The van der Waals surface area contributed by atoms with Gasteiger partial charge in [0, 0.05) is 20.8 Å². The van der Waals surface area contributed by atoms with Crippen LogP contribution < -0.4 is 0 Å². The van der Waals surface area contributed by atoms with Gasteiger partial charge in [-0.3, -0.25) is 14.4 Å². The lowest BCUT2D eigenvalue weighted by Gasteiger charge is -2.31. The molecular weight excluding hydrogens is 366 g/mol. The molecule has 1 rings (SSSR count). The number of rotatable bonds is 11. The van der Waals surface area contributed by atoms with Crippen LogP contribution in [0.3, 0.4) is 0 Å². The first kappa shape index (κ1) is 22.0. The van der Waals surface area contributed by atoms with E-state index in [0.29, 0.717) is 0 Å². The molecule has 0 N–H and O–H groups in total. The van der Waals surface area contributed by atoms with Gasteiger partial charge < -0.3 is 29.1 Å². The van der Waals surface area contributed by atoms with Gasteiger partial charge in [-0.1, -0.05) is 4.98 Å². The number of carbonyl (C=O) groups is 3. The van der Waals surface area contributed by atoms with Crippen molar-refractivity contribution in [3.63, 3.8) is 0 Å². The highest BCUT2D eigenvalue weighted by atomic mass is 16.6. The lowest BCUT2D eigenvalue weighted by atomic mass is 9.92. The van der Waals surface area contributed by atoms with Gasteiger partial charge in [0.2, 0.25) is 0 Å². The second-order valence-corrected chi connectivity index (χ2v) is 5.77. The Morgan fingerprint density at radius 1 is 1.04 bits per heavy atom. The molecule has 1 aromatic rings. The molecule has 0 aromatic carbocycles. The summed E-state index contributed by atoms with van der Waals surface area (Å²) in [5.74, 6) is -2.18. The average molecular weight is 387 g/mol. The molecule has 0 fully saturated rings. The van der Waals surface area contributed by atoms with Crippen molar-refractivity contribution in [3.8, 4) is 0 Å². The van der Waals surface area contributed by atoms with Gasteiger partial charge in [0.05, 0.1) is 12.0 Å². The SMILES string of the molecule is CC(=O)OCC(COCn1ccnc1[N+](=O)[O-])(COC(C)=O)COC(C)=O. The maximum absolute atomic E-state index is 11.2. The van der Waals surface area contributed by atoms with Crippen LogP contribution in [-0.2, 0) is 40.1 Å². The van der Waals surface area contributed by atoms with E-state index < -0.39 is 34.2 Å². The van der Waals surface area contributed by atoms with Gasteiger partial charge in [-0.15, -0.1) is 0 Å². The highest BCUT2D eigenvalue weighted by Crippen LogP contribution is 2.22. The molecule has 1 heterocycles. The van der Waals surface area contributed by atoms with Crippen molar-refractivity contribution in [1.82, 2.24) is 9.55 Å². The third-order valence-electron chi connectivity index (χ3n) is 3.24. The Labute approximate surface area is 154 Å². The van der Waals surface area contributed by atoms with E-state index in [1.165, 1.54) is 33.2 Å². The van der Waals surface area contributed by atoms with Gasteiger partial charge in [-0.2, -0.15) is 0 Å². The van der Waals surface area contributed by atoms with Gasteiger partial charge in [0.15, 0.2) is 6.73 Å². The van der Waals surface area contributed by atoms with Crippen LogP contribution in [0.1, 0.15) is 20.8 Å². The van der Waals surface area contributed by atoms with Crippen LogP contribution in [0.2, 0.25) is 0 Å². The summed E-state index contributed by atoms with van der Waals surface area (Å²) in [7, 11) is 0. The summed E-state index contributed by atoms with van der Waals surface area (Å²) in [6.07, 6.45) is 2.59. The van der Waals surface area contributed by atoms with Crippen LogP contribution in [0, 0.1) is 15.5 Å². The van der Waals surface area contributed by atoms with Crippen molar-refractivity contribution in [1.29, 1.82) is 0 Å². The van der Waals surface area contributed by atoms with E-state index in [4.69, 9.17) is 18.9 Å². The average Bonchev–Trinajstić information content (AvgIpc) is 3.04. The smallest absolute Gasteiger partial charge is 0.436 e. The molecule has 0 unspecified atom stereocenters. The standard InChI is InChI=1S/C15H21N3O9/c1-11(19)25-7-15(8-26-12(2)20,9-27-13(3)21)6-24-10-17-5-4-16-14(17)18(22)23/h4-5H,6-10H2,1-3H3. The maximum Gasteiger partial charge on any atom is 0.436 e. The molecule has 12 heteroatoms. The van der Waals surface area contributed by atoms with E-state index in [0.717, 1.165) is 4.57 Å². The third-order valence-corrected chi connectivity index (χ3v) is 3.24. The fourth-order valence-electron chi connectivity index (χ4n) is 1.95. The Morgan fingerprint density at radius 3 is 1.93 bits per heavy atom. The van der Waals surface area contributed by atoms with Gasteiger partial charge in [-0.05, 0) is 4.92 Å². The number of esters is 3. The van der Waals surface area contributed by atoms with E-state index in [1.54, 1.807) is 0 Å². The fourth-order valence-corrected chi connectivity index (χ4v) is 1.95. The fraction of sp³-hybridized carbons (Fsp3) is 0.600. The minimum atomic E-state index is -1.18. The molecule has 0 spiro atoms. The van der Waals surface area contributed by atoms with Crippen LogP contribution in [0.15, 0.2) is 12.4 Å². The Morgan fingerprint density at radius 2 is 1.52 bits per heavy atom. The molecule has 0 bridgehead atoms. The lowest BCUT2D eigenvalue weighted by molar-refractivity contribution is -0.397. The summed E-state index contributed by atoms with van der Waals surface area (Å²) in [5.41, 5.74) is -1.18. The largest absolute Gasteiger partial charge is 0.465 e. The van der Waals surface area contributed by atoms with Crippen LogP contribution in [-0.4, -0.2) is 58.8 Å². The first-order valence-corrected chi connectivity index (χ1v) is 7.78. The zero-order valence-electron chi connectivity index (χ0n) is 15.2. The minimum Gasteiger partial charge on any atom is -0.465 e. The molecule has 0 saturated heterocycles. The van der Waals surface area contributed by atoms with E-state index in [2.05, 4.69) is 4.98 Å². The molecular formula is C15H21N3O9. The number of hydrogen-bond donors (Lipinski definition) is 0. The molecule has 0 atom stereocenters. The number of nitro groups is 1. The predicted octanol–water partition coefficient (Wildman–Crippen LogP) is 0.441. The van der Waals surface area contributed by atoms with Crippen molar-refractivity contribution in [3.05, 3.63) is 22.5 Å². The quantitative estimate of drug-likeness (QED) is 0.226. The minimum absolute atomic E-state index is 0.184. The van der Waals surface area contributed by atoms with Crippen molar-refractivity contribution in [2.45, 2.75) is 27.5 Å². The summed E-state index contributed by atoms with van der Waals surface area (Å²) >= 11 is 0. The van der Waals surface area contributed by atoms with Crippen LogP contribution in [0.4, 0.5) is 5.95 Å². The number of hydrogen-bond acceptors (Lipinski definition) is 10. The van der Waals surface area contributed by atoms with Crippen molar-refractivity contribution in [2.24, 2.45) is 5.41 Å². The molecule has 0 aliphatic heterocycles. The molecule has 0 amide bonds. The van der Waals surface area contributed by atoms with Gasteiger partial charge in [0.1, 0.15) is 32.2 Å². The molecule has 0 aliphatic carbocycles. The summed E-state index contributed by atoms with van der Waals surface area (Å²) < 4.78 is 21.6. The van der Waals surface area contributed by atoms with Crippen LogP contribution >= 0.6 is 0 Å². The number of nitrogens with zero attached hydrogens (tertiary/aromatic N) is 3. The van der Waals surface area contributed by atoms with E-state index in [-0.39, 0.29) is 33.2 Å². The van der Waals surface area contributed by atoms with Crippen LogP contribution in [0.5, 0.6) is 0 Å². The molecule has 0 radical (unpaired) electrons. The van der Waals surface area contributed by atoms with E-state index in [1.807, 2.05) is 0 Å². The summed E-state index contributed by atoms with van der Waals surface area (Å²) in [6, 6.07) is 0. The maximum atomic E-state index is 11.2. The van der Waals surface area contributed by atoms with E-state index in [9.17, 15) is 24.5 Å². The second kappa shape index (κ2) is 10.2. The number of carbonyl (C=O) groups excluding carboxylic acids is 3. The predicted molar refractivity (Wildman–Crippen MR) is 87.2 cm³/mol.